The molecule has 0 spiro atoms. The molecule has 5 rings (SSSR count). The molecule has 1 amide bonds. The molecule has 8 nitrogen and oxygen atoms in total. The Balaban J connectivity index is 1.59. The minimum atomic E-state index is -0.484. The van der Waals surface area contributed by atoms with Crippen molar-refractivity contribution in [3.8, 4) is 5.95 Å². The molecule has 0 fully saturated rings. The van der Waals surface area contributed by atoms with E-state index < -0.39 is 5.91 Å². The van der Waals surface area contributed by atoms with Crippen molar-refractivity contribution in [1.29, 1.82) is 0 Å². The van der Waals surface area contributed by atoms with Crippen molar-refractivity contribution in [3.05, 3.63) is 71.5 Å². The molecule has 3 heterocycles. The molecule has 0 saturated carbocycles. The number of hydrogen-bond donors (Lipinski definition) is 2. The minimum Gasteiger partial charge on any atom is -0.370 e. The van der Waals surface area contributed by atoms with Crippen LogP contribution in [0.25, 0.3) is 16.9 Å². The van der Waals surface area contributed by atoms with Crippen LogP contribution < -0.4 is 16.0 Å². The van der Waals surface area contributed by atoms with Gasteiger partial charge in [-0.1, -0.05) is 36.4 Å². The molecular formula is C22H21N7O. The molecule has 2 aromatic carbocycles. The van der Waals surface area contributed by atoms with E-state index in [2.05, 4.69) is 27.4 Å². The molecule has 1 aliphatic rings. The predicted molar refractivity (Wildman–Crippen MR) is 116 cm³/mol. The maximum atomic E-state index is 11.8. The highest BCUT2D eigenvalue weighted by Gasteiger charge is 2.25. The number of nitrogens with zero attached hydrogens (tertiary/aromatic N) is 5. The van der Waals surface area contributed by atoms with E-state index in [-0.39, 0.29) is 0 Å². The predicted octanol–water partition coefficient (Wildman–Crippen LogP) is 2.52. The second kappa shape index (κ2) is 7.14. The molecular weight excluding hydrogens is 378 g/mol. The van der Waals surface area contributed by atoms with Crippen molar-refractivity contribution in [2.45, 2.75) is 13.0 Å². The van der Waals surface area contributed by atoms with Crippen LogP contribution in [0.5, 0.6) is 0 Å². The quantitative estimate of drug-likeness (QED) is 0.535. The van der Waals surface area contributed by atoms with Gasteiger partial charge in [0.25, 0.3) is 5.95 Å². The van der Waals surface area contributed by atoms with Crippen LogP contribution in [-0.2, 0) is 13.0 Å². The molecule has 2 aromatic heterocycles. The largest absolute Gasteiger partial charge is 0.370 e. The summed E-state index contributed by atoms with van der Waals surface area (Å²) in [7, 11) is 2.05. The fraction of sp³-hybridized carbons (Fsp3) is 0.182. The molecule has 0 unspecified atom stereocenters. The molecule has 0 saturated heterocycles. The molecule has 0 radical (unpaired) electrons. The van der Waals surface area contributed by atoms with Crippen LogP contribution in [0.3, 0.4) is 0 Å². The highest BCUT2D eigenvalue weighted by atomic mass is 16.1. The van der Waals surface area contributed by atoms with Gasteiger partial charge in [0.05, 0.1) is 23.0 Å². The van der Waals surface area contributed by atoms with Crippen LogP contribution >= 0.6 is 0 Å². The molecule has 150 valence electrons. The van der Waals surface area contributed by atoms with E-state index >= 15 is 0 Å². The first-order valence-electron chi connectivity index (χ1n) is 9.78. The summed E-state index contributed by atoms with van der Waals surface area (Å²) in [5.41, 5.74) is 9.85. The second-order valence-corrected chi connectivity index (χ2v) is 7.34. The molecule has 0 atom stereocenters. The molecule has 1 aliphatic heterocycles. The van der Waals surface area contributed by atoms with Crippen molar-refractivity contribution < 1.29 is 4.79 Å². The lowest BCUT2D eigenvalue weighted by Crippen LogP contribution is -2.16. The monoisotopic (exact) mass is 399 g/mol. The first kappa shape index (κ1) is 18.1. The normalized spacial score (nSPS) is 12.9. The van der Waals surface area contributed by atoms with Crippen molar-refractivity contribution in [1.82, 2.24) is 19.7 Å². The lowest BCUT2D eigenvalue weighted by Gasteiger charge is -2.17. The highest BCUT2D eigenvalue weighted by Crippen LogP contribution is 2.33. The zero-order valence-electron chi connectivity index (χ0n) is 16.5. The minimum absolute atomic E-state index is 0.432. The molecule has 8 heteroatoms. The van der Waals surface area contributed by atoms with Crippen LogP contribution in [0.4, 0.5) is 11.5 Å². The standard InChI is InChI=1S/C22H21N7O/c1-28-11-10-17-19(28)21(24-12-14-6-3-2-4-7-14)27-22(26-17)29-18-9-5-8-15(20(23)30)16(18)13-25-29/h2-9,13H,10-12H2,1H3,(H2,23,30)(H,24,26,27). The number of nitrogens with two attached hydrogens (primary N) is 1. The van der Waals surface area contributed by atoms with Gasteiger partial charge in [-0.05, 0) is 17.7 Å². The van der Waals surface area contributed by atoms with Gasteiger partial charge in [0.1, 0.15) is 5.69 Å². The number of likely N-dealkylation sites (N-methyl/N-ethyl adjacent to an activating group) is 1. The average molecular weight is 399 g/mol. The Morgan fingerprint density at radius 1 is 1.13 bits per heavy atom. The topological polar surface area (TPSA) is 102 Å². The van der Waals surface area contributed by atoms with E-state index in [1.807, 2.05) is 31.3 Å². The van der Waals surface area contributed by atoms with Crippen molar-refractivity contribution in [3.63, 3.8) is 0 Å². The van der Waals surface area contributed by atoms with Gasteiger partial charge in [0.2, 0.25) is 5.91 Å². The number of benzene rings is 2. The maximum absolute atomic E-state index is 11.8. The molecule has 4 aromatic rings. The average Bonchev–Trinajstić information content (AvgIpc) is 3.36. The summed E-state index contributed by atoms with van der Waals surface area (Å²) in [6.07, 6.45) is 2.47. The van der Waals surface area contributed by atoms with Gasteiger partial charge in [0, 0.05) is 31.9 Å². The van der Waals surface area contributed by atoms with Gasteiger partial charge in [-0.15, -0.1) is 0 Å². The summed E-state index contributed by atoms with van der Waals surface area (Å²) in [6.45, 7) is 1.54. The second-order valence-electron chi connectivity index (χ2n) is 7.34. The van der Waals surface area contributed by atoms with Crippen LogP contribution in [0.15, 0.2) is 54.7 Å². The van der Waals surface area contributed by atoms with Gasteiger partial charge in [0.15, 0.2) is 5.82 Å². The fourth-order valence-electron chi connectivity index (χ4n) is 3.87. The Morgan fingerprint density at radius 3 is 2.77 bits per heavy atom. The molecule has 0 aliphatic carbocycles. The molecule has 0 bridgehead atoms. The van der Waals surface area contributed by atoms with Crippen LogP contribution in [0, 0.1) is 0 Å². The van der Waals surface area contributed by atoms with Gasteiger partial charge in [-0.2, -0.15) is 14.8 Å². The number of nitrogens with one attached hydrogen (secondary N) is 1. The van der Waals surface area contributed by atoms with E-state index in [0.29, 0.717) is 23.4 Å². The summed E-state index contributed by atoms with van der Waals surface area (Å²) in [4.78, 5) is 23.5. The number of primary amides is 1. The van der Waals surface area contributed by atoms with Gasteiger partial charge in [-0.25, -0.2) is 4.98 Å². The first-order valence-corrected chi connectivity index (χ1v) is 9.78. The Hall–Kier alpha value is -3.94. The van der Waals surface area contributed by atoms with Crippen molar-refractivity contribution in [2.24, 2.45) is 5.73 Å². The van der Waals surface area contributed by atoms with Gasteiger partial charge in [-0.3, -0.25) is 4.79 Å². The number of carbonyl (C=O) groups is 1. The SMILES string of the molecule is CN1CCc2nc(-n3ncc4c(C(N)=O)cccc43)nc(NCc3ccccc3)c21. The summed E-state index contributed by atoms with van der Waals surface area (Å²) in [5.74, 6) is 0.756. The summed E-state index contributed by atoms with van der Waals surface area (Å²) < 4.78 is 1.66. The number of anilines is 2. The zero-order valence-corrected chi connectivity index (χ0v) is 16.5. The number of amides is 1. The zero-order chi connectivity index (χ0) is 20.7. The maximum Gasteiger partial charge on any atom is 0.253 e. The Kier molecular flexibility index (Phi) is 4.31. The highest BCUT2D eigenvalue weighted by molar-refractivity contribution is 6.05. The number of hydrogen-bond acceptors (Lipinski definition) is 6. The van der Waals surface area contributed by atoms with Gasteiger partial charge >= 0.3 is 0 Å². The first-order chi connectivity index (χ1) is 14.6. The van der Waals surface area contributed by atoms with Crippen LogP contribution in [0.2, 0.25) is 0 Å². The van der Waals surface area contributed by atoms with E-state index in [1.165, 1.54) is 5.56 Å². The Bertz CT molecular complexity index is 1250. The van der Waals surface area contributed by atoms with Crippen molar-refractivity contribution >= 4 is 28.3 Å². The molecule has 3 N–H and O–H groups in total. The third-order valence-electron chi connectivity index (χ3n) is 5.38. The van der Waals surface area contributed by atoms with Crippen LogP contribution in [0.1, 0.15) is 21.6 Å². The molecule has 30 heavy (non-hydrogen) atoms. The van der Waals surface area contributed by atoms with E-state index in [9.17, 15) is 4.79 Å². The van der Waals surface area contributed by atoms with E-state index in [1.54, 1.807) is 23.0 Å². The van der Waals surface area contributed by atoms with E-state index in [4.69, 9.17) is 15.7 Å². The number of rotatable bonds is 5. The Labute approximate surface area is 173 Å². The number of aromatic nitrogens is 4. The fourth-order valence-corrected chi connectivity index (χ4v) is 3.87. The summed E-state index contributed by atoms with van der Waals surface area (Å²) in [5, 5.41) is 8.60. The summed E-state index contributed by atoms with van der Waals surface area (Å²) >= 11 is 0. The summed E-state index contributed by atoms with van der Waals surface area (Å²) in [6, 6.07) is 15.6. The number of fused-ring (bicyclic) bond motifs is 2. The lowest BCUT2D eigenvalue weighted by molar-refractivity contribution is 0.100. The lowest BCUT2D eigenvalue weighted by atomic mass is 10.1. The van der Waals surface area contributed by atoms with E-state index in [0.717, 1.165) is 35.7 Å². The Morgan fingerprint density at radius 2 is 1.97 bits per heavy atom. The number of carbonyl (C=O) groups excluding carboxylic acids is 1. The van der Waals surface area contributed by atoms with Gasteiger partial charge < -0.3 is 16.0 Å². The van der Waals surface area contributed by atoms with Crippen LogP contribution in [-0.4, -0.2) is 39.2 Å². The van der Waals surface area contributed by atoms with Crippen molar-refractivity contribution in [2.75, 3.05) is 23.8 Å². The third kappa shape index (κ3) is 3.02. The smallest absolute Gasteiger partial charge is 0.253 e. The third-order valence-corrected chi connectivity index (χ3v) is 5.38.